The Kier molecular flexibility index (Phi) is 6.52. The summed E-state index contributed by atoms with van der Waals surface area (Å²) in [5, 5.41) is 4.79. The van der Waals surface area contributed by atoms with Gasteiger partial charge >= 0.3 is 6.03 Å². The molecule has 1 aliphatic carbocycles. The molecule has 2 unspecified atom stereocenters. The highest BCUT2D eigenvalue weighted by Gasteiger charge is 2.30. The van der Waals surface area contributed by atoms with E-state index >= 15 is 0 Å². The van der Waals surface area contributed by atoms with Gasteiger partial charge in [0.25, 0.3) is 0 Å². The van der Waals surface area contributed by atoms with E-state index < -0.39 is 6.03 Å². The van der Waals surface area contributed by atoms with Gasteiger partial charge in [0, 0.05) is 12.6 Å². The molecule has 0 bridgehead atoms. The number of hydrogen-bond donors (Lipinski definition) is 3. The molecule has 1 fully saturated rings. The van der Waals surface area contributed by atoms with Crippen LogP contribution in [0.3, 0.4) is 0 Å². The molecule has 6 heteroatoms. The highest BCUT2D eigenvalue weighted by molar-refractivity contribution is 5.95. The van der Waals surface area contributed by atoms with E-state index in [0.29, 0.717) is 25.0 Å². The average Bonchev–Trinajstić information content (AvgIpc) is 2.84. The Hall–Kier alpha value is -1.40. The second kappa shape index (κ2) is 7.91. The van der Waals surface area contributed by atoms with Crippen LogP contribution in [0.15, 0.2) is 12.7 Å². The fourth-order valence-electron chi connectivity index (χ4n) is 2.59. The molecule has 0 aliphatic heterocycles. The lowest BCUT2D eigenvalue weighted by Crippen LogP contribution is -2.47. The van der Waals surface area contributed by atoms with Gasteiger partial charge in [-0.25, -0.2) is 4.79 Å². The molecule has 0 saturated heterocycles. The summed E-state index contributed by atoms with van der Waals surface area (Å²) in [5.41, 5.74) is 5.73. The zero-order chi connectivity index (χ0) is 14.3. The molecule has 0 aromatic rings. The molecule has 108 valence electrons. The fraction of sp³-hybridized carbons (Fsp3) is 0.692. The maximum atomic E-state index is 11.7. The number of carbonyl (C=O) groups excluding carboxylic acids is 2. The summed E-state index contributed by atoms with van der Waals surface area (Å²) < 4.78 is 0. The van der Waals surface area contributed by atoms with Crippen molar-refractivity contribution in [2.24, 2.45) is 11.7 Å². The van der Waals surface area contributed by atoms with Gasteiger partial charge in [0.1, 0.15) is 0 Å². The number of likely N-dealkylation sites (N-methyl/N-ethyl adjacent to an activating group) is 1. The fourth-order valence-corrected chi connectivity index (χ4v) is 2.59. The van der Waals surface area contributed by atoms with Crippen molar-refractivity contribution < 1.29 is 9.59 Å². The first-order valence-corrected chi connectivity index (χ1v) is 6.67. The lowest BCUT2D eigenvalue weighted by molar-refractivity contribution is -0.121. The molecule has 1 rings (SSSR count). The van der Waals surface area contributed by atoms with Gasteiger partial charge in [-0.3, -0.25) is 15.0 Å². The molecular formula is C13H24N4O2. The summed E-state index contributed by atoms with van der Waals surface area (Å²) in [5.74, 6) is 0.152. The van der Waals surface area contributed by atoms with Crippen molar-refractivity contribution >= 4 is 11.9 Å². The predicted molar refractivity (Wildman–Crippen MR) is 74.6 cm³/mol. The van der Waals surface area contributed by atoms with Crippen molar-refractivity contribution in [3.8, 4) is 0 Å². The smallest absolute Gasteiger partial charge is 0.321 e. The molecule has 0 radical (unpaired) electrons. The third-order valence-electron chi connectivity index (χ3n) is 3.54. The van der Waals surface area contributed by atoms with Crippen LogP contribution in [0.25, 0.3) is 0 Å². The van der Waals surface area contributed by atoms with Crippen LogP contribution in [0.5, 0.6) is 0 Å². The number of rotatable bonds is 6. The van der Waals surface area contributed by atoms with Crippen LogP contribution in [-0.4, -0.2) is 49.6 Å². The minimum atomic E-state index is -0.486. The standard InChI is InChI=1S/C13H24N4O2/c1-3-7-15-13(19)16-12(18)9-17(2)11-6-4-5-10(11)8-14/h3,10-11H,1,4-9,14H2,2H3,(H2,15,16,18,19). The molecule has 0 heterocycles. The van der Waals surface area contributed by atoms with Crippen LogP contribution in [0, 0.1) is 5.92 Å². The summed E-state index contributed by atoms with van der Waals surface area (Å²) in [6.07, 6.45) is 4.89. The van der Waals surface area contributed by atoms with Crippen molar-refractivity contribution in [1.82, 2.24) is 15.5 Å². The quantitative estimate of drug-likeness (QED) is 0.594. The van der Waals surface area contributed by atoms with Crippen LogP contribution >= 0.6 is 0 Å². The Morgan fingerprint density at radius 2 is 2.21 bits per heavy atom. The molecule has 0 aromatic carbocycles. The number of nitrogens with two attached hydrogens (primary N) is 1. The van der Waals surface area contributed by atoms with Crippen molar-refractivity contribution in [3.05, 3.63) is 12.7 Å². The maximum Gasteiger partial charge on any atom is 0.321 e. The summed E-state index contributed by atoms with van der Waals surface area (Å²) in [4.78, 5) is 25.0. The molecule has 0 spiro atoms. The third-order valence-corrected chi connectivity index (χ3v) is 3.54. The second-order valence-electron chi connectivity index (χ2n) is 4.96. The minimum absolute atomic E-state index is 0.211. The SMILES string of the molecule is C=CCNC(=O)NC(=O)CN(C)C1CCCC1CN. The molecule has 19 heavy (non-hydrogen) atoms. The summed E-state index contributed by atoms with van der Waals surface area (Å²) in [6.45, 7) is 4.68. The van der Waals surface area contributed by atoms with Crippen LogP contribution in [-0.2, 0) is 4.79 Å². The van der Waals surface area contributed by atoms with Gasteiger partial charge < -0.3 is 11.1 Å². The Morgan fingerprint density at radius 3 is 2.84 bits per heavy atom. The number of imide groups is 1. The van der Waals surface area contributed by atoms with Gasteiger partial charge in [-0.15, -0.1) is 6.58 Å². The van der Waals surface area contributed by atoms with Crippen molar-refractivity contribution in [2.45, 2.75) is 25.3 Å². The number of nitrogens with one attached hydrogen (secondary N) is 2. The Morgan fingerprint density at radius 1 is 1.47 bits per heavy atom. The van der Waals surface area contributed by atoms with Gasteiger partial charge in [0.05, 0.1) is 6.54 Å². The van der Waals surface area contributed by atoms with E-state index in [1.165, 1.54) is 0 Å². The minimum Gasteiger partial charge on any atom is -0.334 e. The lowest BCUT2D eigenvalue weighted by atomic mass is 10.0. The lowest BCUT2D eigenvalue weighted by Gasteiger charge is -2.28. The number of carbonyl (C=O) groups is 2. The monoisotopic (exact) mass is 268 g/mol. The average molecular weight is 268 g/mol. The van der Waals surface area contributed by atoms with E-state index in [9.17, 15) is 9.59 Å². The normalized spacial score (nSPS) is 22.3. The number of nitrogens with zero attached hydrogens (tertiary/aromatic N) is 1. The predicted octanol–water partition coefficient (Wildman–Crippen LogP) is 0.0574. The van der Waals surface area contributed by atoms with Gasteiger partial charge in [-0.1, -0.05) is 12.5 Å². The zero-order valence-electron chi connectivity index (χ0n) is 11.5. The topological polar surface area (TPSA) is 87.5 Å². The Bertz CT molecular complexity index is 333. The molecular weight excluding hydrogens is 244 g/mol. The van der Waals surface area contributed by atoms with Crippen LogP contribution < -0.4 is 16.4 Å². The van der Waals surface area contributed by atoms with Gasteiger partial charge in [-0.05, 0) is 32.4 Å². The first-order valence-electron chi connectivity index (χ1n) is 6.67. The number of hydrogen-bond acceptors (Lipinski definition) is 4. The highest BCUT2D eigenvalue weighted by atomic mass is 16.2. The molecule has 2 atom stereocenters. The van der Waals surface area contributed by atoms with Crippen LogP contribution in [0.2, 0.25) is 0 Å². The third kappa shape index (κ3) is 5.00. The largest absolute Gasteiger partial charge is 0.334 e. The van der Waals surface area contributed by atoms with Gasteiger partial charge in [-0.2, -0.15) is 0 Å². The first kappa shape index (κ1) is 15.7. The van der Waals surface area contributed by atoms with E-state index in [1.807, 2.05) is 11.9 Å². The summed E-state index contributed by atoms with van der Waals surface area (Å²) in [7, 11) is 1.90. The van der Waals surface area contributed by atoms with E-state index in [-0.39, 0.29) is 12.5 Å². The molecule has 4 N–H and O–H groups in total. The second-order valence-corrected chi connectivity index (χ2v) is 4.96. The van der Waals surface area contributed by atoms with E-state index in [1.54, 1.807) is 6.08 Å². The van der Waals surface area contributed by atoms with E-state index in [2.05, 4.69) is 17.2 Å². The number of urea groups is 1. The molecule has 1 saturated carbocycles. The number of amides is 3. The van der Waals surface area contributed by atoms with E-state index in [4.69, 9.17) is 5.73 Å². The first-order chi connectivity index (χ1) is 9.08. The summed E-state index contributed by atoms with van der Waals surface area (Å²) >= 11 is 0. The molecule has 3 amide bonds. The van der Waals surface area contributed by atoms with Crippen LogP contribution in [0.4, 0.5) is 4.79 Å². The highest BCUT2D eigenvalue weighted by Crippen LogP contribution is 2.28. The molecule has 0 aromatic heterocycles. The Labute approximate surface area is 114 Å². The molecule has 1 aliphatic rings. The zero-order valence-corrected chi connectivity index (χ0v) is 11.5. The van der Waals surface area contributed by atoms with Gasteiger partial charge in [0.15, 0.2) is 0 Å². The van der Waals surface area contributed by atoms with Crippen molar-refractivity contribution in [1.29, 1.82) is 0 Å². The summed E-state index contributed by atoms with van der Waals surface area (Å²) in [6, 6.07) is -0.146. The molecule has 6 nitrogen and oxygen atoms in total. The van der Waals surface area contributed by atoms with Crippen LogP contribution in [0.1, 0.15) is 19.3 Å². The van der Waals surface area contributed by atoms with Crippen molar-refractivity contribution in [3.63, 3.8) is 0 Å². The van der Waals surface area contributed by atoms with Gasteiger partial charge in [0.2, 0.25) is 5.91 Å². The van der Waals surface area contributed by atoms with Crippen molar-refractivity contribution in [2.75, 3.05) is 26.7 Å². The Balaban J connectivity index is 2.35. The van der Waals surface area contributed by atoms with E-state index in [0.717, 1.165) is 19.3 Å². The maximum absolute atomic E-state index is 11.7.